The smallest absolute Gasteiger partial charge is 0.286 e. The second-order valence-corrected chi connectivity index (χ2v) is 5.98. The van der Waals surface area contributed by atoms with Crippen molar-refractivity contribution in [2.75, 3.05) is 11.9 Å². The van der Waals surface area contributed by atoms with Crippen LogP contribution in [-0.4, -0.2) is 18.4 Å². The van der Waals surface area contributed by atoms with Crippen LogP contribution in [0, 0.1) is 0 Å². The summed E-state index contributed by atoms with van der Waals surface area (Å²) in [6, 6.07) is 20.4. The average Bonchev–Trinajstić information content (AvgIpc) is 3.05. The lowest BCUT2D eigenvalue weighted by atomic mass is 10.1. The molecule has 0 spiro atoms. The van der Waals surface area contributed by atoms with Gasteiger partial charge in [0.15, 0.2) is 6.61 Å². The van der Waals surface area contributed by atoms with Crippen molar-refractivity contribution in [2.24, 2.45) is 5.73 Å². The van der Waals surface area contributed by atoms with Gasteiger partial charge in [-0.15, -0.1) is 0 Å². The standard InChI is InChI=1S/C21H16N2O4/c22-21(25)20-19(15-9-3-4-10-17(15)27-20)23-18(24)12-26-16-11-5-7-13-6-1-2-8-14(13)16/h1-11H,12H2,(H2,22,25)(H,23,24). The number of primary amides is 1. The third kappa shape index (κ3) is 3.20. The molecule has 1 aromatic heterocycles. The van der Waals surface area contributed by atoms with Gasteiger partial charge in [0.25, 0.3) is 11.8 Å². The predicted molar refractivity (Wildman–Crippen MR) is 103 cm³/mol. The lowest BCUT2D eigenvalue weighted by molar-refractivity contribution is -0.118. The molecule has 4 aromatic rings. The molecular weight excluding hydrogens is 344 g/mol. The molecule has 0 radical (unpaired) electrons. The molecule has 27 heavy (non-hydrogen) atoms. The van der Waals surface area contributed by atoms with Crippen molar-refractivity contribution < 1.29 is 18.7 Å². The van der Waals surface area contributed by atoms with Gasteiger partial charge in [0.2, 0.25) is 5.76 Å². The number of hydrogen-bond donors (Lipinski definition) is 2. The van der Waals surface area contributed by atoms with E-state index >= 15 is 0 Å². The normalized spacial score (nSPS) is 10.8. The van der Waals surface area contributed by atoms with Crippen LogP contribution in [0.3, 0.4) is 0 Å². The van der Waals surface area contributed by atoms with Crippen LogP contribution in [-0.2, 0) is 4.79 Å². The molecule has 3 N–H and O–H groups in total. The van der Waals surface area contributed by atoms with Crippen LogP contribution >= 0.6 is 0 Å². The summed E-state index contributed by atoms with van der Waals surface area (Å²) < 4.78 is 11.1. The Labute approximate surface area is 154 Å². The van der Waals surface area contributed by atoms with E-state index in [2.05, 4.69) is 5.32 Å². The van der Waals surface area contributed by atoms with E-state index in [1.54, 1.807) is 30.3 Å². The Balaban J connectivity index is 1.56. The van der Waals surface area contributed by atoms with E-state index in [0.717, 1.165) is 10.8 Å². The highest BCUT2D eigenvalue weighted by atomic mass is 16.5. The zero-order valence-corrected chi connectivity index (χ0v) is 14.3. The molecule has 0 saturated heterocycles. The summed E-state index contributed by atoms with van der Waals surface area (Å²) in [5.74, 6) is -0.654. The minimum Gasteiger partial charge on any atom is -0.483 e. The molecule has 0 unspecified atom stereocenters. The first kappa shape index (κ1) is 16.7. The van der Waals surface area contributed by atoms with E-state index < -0.39 is 11.8 Å². The third-order valence-electron chi connectivity index (χ3n) is 4.19. The number of hydrogen-bond acceptors (Lipinski definition) is 4. The molecule has 0 saturated carbocycles. The maximum Gasteiger partial charge on any atom is 0.286 e. The van der Waals surface area contributed by atoms with Gasteiger partial charge in [-0.2, -0.15) is 0 Å². The van der Waals surface area contributed by atoms with Crippen molar-refractivity contribution in [3.8, 4) is 5.75 Å². The molecule has 2 amide bonds. The average molecular weight is 360 g/mol. The summed E-state index contributed by atoms with van der Waals surface area (Å²) in [4.78, 5) is 24.1. The highest BCUT2D eigenvalue weighted by molar-refractivity contribution is 6.10. The fourth-order valence-electron chi connectivity index (χ4n) is 2.98. The van der Waals surface area contributed by atoms with Crippen LogP contribution in [0.2, 0.25) is 0 Å². The number of fused-ring (bicyclic) bond motifs is 2. The molecule has 0 atom stereocenters. The quantitative estimate of drug-likeness (QED) is 0.567. The van der Waals surface area contributed by atoms with Crippen LogP contribution in [0.4, 0.5) is 5.69 Å². The molecule has 6 heteroatoms. The zero-order chi connectivity index (χ0) is 18.8. The number of nitrogens with one attached hydrogen (secondary N) is 1. The molecule has 0 aliphatic carbocycles. The first-order valence-corrected chi connectivity index (χ1v) is 8.35. The number of rotatable bonds is 5. The van der Waals surface area contributed by atoms with Crippen LogP contribution in [0.1, 0.15) is 10.6 Å². The molecule has 3 aromatic carbocycles. The molecule has 0 aliphatic heterocycles. The summed E-state index contributed by atoms with van der Waals surface area (Å²) in [6.45, 7) is -0.217. The Kier molecular flexibility index (Phi) is 4.22. The lowest BCUT2D eigenvalue weighted by Crippen LogP contribution is -2.22. The summed E-state index contributed by atoms with van der Waals surface area (Å²) >= 11 is 0. The summed E-state index contributed by atoms with van der Waals surface area (Å²) in [5, 5.41) is 5.21. The van der Waals surface area contributed by atoms with Crippen LogP contribution in [0.15, 0.2) is 71.1 Å². The Bertz CT molecular complexity index is 1160. The van der Waals surface area contributed by atoms with Gasteiger partial charge in [0.1, 0.15) is 17.0 Å². The molecule has 134 valence electrons. The van der Waals surface area contributed by atoms with Gasteiger partial charge in [-0.3, -0.25) is 9.59 Å². The number of amides is 2. The number of ether oxygens (including phenoxy) is 1. The number of carbonyl (C=O) groups is 2. The number of anilines is 1. The SMILES string of the molecule is NC(=O)c1oc2ccccc2c1NC(=O)COc1cccc2ccccc12. The van der Waals surface area contributed by atoms with Gasteiger partial charge in [-0.1, -0.05) is 48.5 Å². The van der Waals surface area contributed by atoms with Gasteiger partial charge in [0, 0.05) is 10.8 Å². The summed E-state index contributed by atoms with van der Waals surface area (Å²) in [6.07, 6.45) is 0. The monoisotopic (exact) mass is 360 g/mol. The van der Waals surface area contributed by atoms with Crippen molar-refractivity contribution in [2.45, 2.75) is 0 Å². The Morgan fingerprint density at radius 3 is 2.44 bits per heavy atom. The van der Waals surface area contributed by atoms with Crippen molar-refractivity contribution in [3.05, 3.63) is 72.5 Å². The van der Waals surface area contributed by atoms with E-state index in [1.165, 1.54) is 0 Å². The largest absolute Gasteiger partial charge is 0.483 e. The summed E-state index contributed by atoms with van der Waals surface area (Å²) in [5.41, 5.74) is 6.09. The number of carbonyl (C=O) groups excluding carboxylic acids is 2. The van der Waals surface area contributed by atoms with E-state index in [1.807, 2.05) is 36.4 Å². The first-order chi connectivity index (χ1) is 13.1. The van der Waals surface area contributed by atoms with E-state index in [9.17, 15) is 9.59 Å². The molecule has 1 heterocycles. The Morgan fingerprint density at radius 2 is 1.63 bits per heavy atom. The number of nitrogens with two attached hydrogens (primary N) is 1. The molecule has 6 nitrogen and oxygen atoms in total. The Morgan fingerprint density at radius 1 is 0.926 bits per heavy atom. The van der Waals surface area contributed by atoms with E-state index in [4.69, 9.17) is 14.9 Å². The number of furan rings is 1. The van der Waals surface area contributed by atoms with Gasteiger partial charge in [-0.25, -0.2) is 0 Å². The van der Waals surface area contributed by atoms with Crippen LogP contribution in [0.5, 0.6) is 5.75 Å². The molecular formula is C21H16N2O4. The maximum atomic E-state index is 12.4. The molecule has 0 fully saturated rings. The molecule has 4 rings (SSSR count). The lowest BCUT2D eigenvalue weighted by Gasteiger charge is -2.10. The fraction of sp³-hybridized carbons (Fsp3) is 0.0476. The van der Waals surface area contributed by atoms with Crippen molar-refractivity contribution in [1.29, 1.82) is 0 Å². The zero-order valence-electron chi connectivity index (χ0n) is 14.3. The fourth-order valence-corrected chi connectivity index (χ4v) is 2.98. The van der Waals surface area contributed by atoms with Gasteiger partial charge in [0.05, 0.1) is 0 Å². The summed E-state index contributed by atoms with van der Waals surface area (Å²) in [7, 11) is 0. The molecule has 0 bridgehead atoms. The van der Waals surface area contributed by atoms with Crippen molar-refractivity contribution >= 4 is 39.2 Å². The topological polar surface area (TPSA) is 94.6 Å². The second kappa shape index (κ2) is 6.84. The van der Waals surface area contributed by atoms with Gasteiger partial charge >= 0.3 is 0 Å². The first-order valence-electron chi connectivity index (χ1n) is 8.35. The van der Waals surface area contributed by atoms with Gasteiger partial charge in [-0.05, 0) is 23.6 Å². The number of benzene rings is 3. The van der Waals surface area contributed by atoms with Crippen molar-refractivity contribution in [3.63, 3.8) is 0 Å². The van der Waals surface area contributed by atoms with E-state index in [-0.39, 0.29) is 18.1 Å². The second-order valence-electron chi connectivity index (χ2n) is 5.98. The third-order valence-corrected chi connectivity index (χ3v) is 4.19. The highest BCUT2D eigenvalue weighted by Crippen LogP contribution is 2.30. The van der Waals surface area contributed by atoms with Crippen LogP contribution < -0.4 is 15.8 Å². The minimum absolute atomic E-state index is 0.0882. The van der Waals surface area contributed by atoms with E-state index in [0.29, 0.717) is 16.7 Å². The predicted octanol–water partition coefficient (Wildman–Crippen LogP) is 3.70. The molecule has 0 aliphatic rings. The van der Waals surface area contributed by atoms with Gasteiger partial charge < -0.3 is 20.2 Å². The van der Waals surface area contributed by atoms with Crippen molar-refractivity contribution in [1.82, 2.24) is 0 Å². The van der Waals surface area contributed by atoms with Crippen LogP contribution in [0.25, 0.3) is 21.7 Å². The minimum atomic E-state index is -0.753. The maximum absolute atomic E-state index is 12.4. The Hall–Kier alpha value is -3.80. The highest BCUT2D eigenvalue weighted by Gasteiger charge is 2.20. The number of para-hydroxylation sites is 1.